The summed E-state index contributed by atoms with van der Waals surface area (Å²) < 4.78 is 1.58. The molecule has 1 aliphatic rings. The van der Waals surface area contributed by atoms with Crippen LogP contribution in [0.2, 0.25) is 0 Å². The molecular formula is C12H5Br2NO. The van der Waals surface area contributed by atoms with Gasteiger partial charge in [-0.1, -0.05) is 18.2 Å². The fraction of sp³-hybridized carbons (Fsp3) is 0. The summed E-state index contributed by atoms with van der Waals surface area (Å²) in [5.74, 6) is -0.209. The number of halogens is 2. The Morgan fingerprint density at radius 3 is 2.69 bits per heavy atom. The van der Waals surface area contributed by atoms with Gasteiger partial charge in [-0.3, -0.25) is 10.2 Å². The third kappa shape index (κ3) is 1.11. The Labute approximate surface area is 108 Å². The zero-order valence-corrected chi connectivity index (χ0v) is 11.1. The first-order chi connectivity index (χ1) is 7.61. The van der Waals surface area contributed by atoms with E-state index in [2.05, 4.69) is 31.9 Å². The van der Waals surface area contributed by atoms with Gasteiger partial charge in [0.15, 0.2) is 0 Å². The molecule has 0 atom stereocenters. The Balaban J connectivity index is 2.63. The van der Waals surface area contributed by atoms with Gasteiger partial charge in [0.05, 0.1) is 0 Å². The number of hydrogen-bond donors (Lipinski definition) is 1. The summed E-state index contributed by atoms with van der Waals surface area (Å²) in [6, 6.07) is 7.60. The second-order valence-electron chi connectivity index (χ2n) is 3.66. The topological polar surface area (TPSA) is 40.9 Å². The number of carbonyl (C=O) groups excluding carboxylic acids is 1. The van der Waals surface area contributed by atoms with Crippen LogP contribution in [0.5, 0.6) is 0 Å². The zero-order chi connectivity index (χ0) is 11.4. The summed E-state index contributed by atoms with van der Waals surface area (Å²) in [5.41, 5.74) is 1.41. The maximum Gasteiger partial charge on any atom is 0.213 e. The molecule has 0 amide bonds. The lowest BCUT2D eigenvalue weighted by molar-refractivity contribution is 0.106. The molecule has 2 nitrogen and oxygen atoms in total. The minimum atomic E-state index is -0.209. The molecule has 0 radical (unpaired) electrons. The number of rotatable bonds is 0. The van der Waals surface area contributed by atoms with E-state index in [0.29, 0.717) is 5.56 Å². The van der Waals surface area contributed by atoms with Crippen LogP contribution in [-0.4, -0.2) is 11.5 Å². The molecule has 0 fully saturated rings. The van der Waals surface area contributed by atoms with Crippen LogP contribution in [0, 0.1) is 5.41 Å². The molecule has 0 heterocycles. The van der Waals surface area contributed by atoms with Crippen molar-refractivity contribution >= 4 is 54.1 Å². The minimum absolute atomic E-state index is 0.0828. The highest BCUT2D eigenvalue weighted by molar-refractivity contribution is 9.13. The second-order valence-corrected chi connectivity index (χ2v) is 5.30. The average molecular weight is 339 g/mol. The number of benzene rings is 2. The van der Waals surface area contributed by atoms with Crippen LogP contribution in [0.25, 0.3) is 10.8 Å². The molecule has 1 N–H and O–H groups in total. The Morgan fingerprint density at radius 2 is 1.94 bits per heavy atom. The van der Waals surface area contributed by atoms with E-state index in [1.54, 1.807) is 0 Å². The van der Waals surface area contributed by atoms with Crippen molar-refractivity contribution in [2.45, 2.75) is 0 Å². The van der Waals surface area contributed by atoms with Gasteiger partial charge in [-0.25, -0.2) is 0 Å². The van der Waals surface area contributed by atoms with Crippen LogP contribution in [-0.2, 0) is 0 Å². The van der Waals surface area contributed by atoms with Gasteiger partial charge < -0.3 is 0 Å². The Kier molecular flexibility index (Phi) is 2.06. The molecule has 1 aliphatic carbocycles. The molecule has 16 heavy (non-hydrogen) atoms. The van der Waals surface area contributed by atoms with Gasteiger partial charge in [-0.05, 0) is 43.3 Å². The molecule has 0 spiro atoms. The zero-order valence-electron chi connectivity index (χ0n) is 7.97. The van der Waals surface area contributed by atoms with Crippen molar-refractivity contribution in [3.05, 3.63) is 44.3 Å². The lowest BCUT2D eigenvalue weighted by Crippen LogP contribution is -2.06. The van der Waals surface area contributed by atoms with E-state index >= 15 is 0 Å². The van der Waals surface area contributed by atoms with E-state index in [1.165, 1.54) is 0 Å². The van der Waals surface area contributed by atoms with Gasteiger partial charge in [0.2, 0.25) is 5.78 Å². The van der Waals surface area contributed by atoms with Crippen molar-refractivity contribution in [3.8, 4) is 0 Å². The van der Waals surface area contributed by atoms with Crippen molar-refractivity contribution < 1.29 is 4.79 Å². The normalized spacial score (nSPS) is 13.9. The molecule has 0 bridgehead atoms. The van der Waals surface area contributed by atoms with Crippen LogP contribution in [0.3, 0.4) is 0 Å². The fourth-order valence-corrected chi connectivity index (χ4v) is 3.01. The number of Topliss-reactive ketones (excluding diaryl/α,β-unsaturated/α-hetero) is 1. The van der Waals surface area contributed by atoms with Crippen LogP contribution in [0.15, 0.2) is 33.2 Å². The fourth-order valence-electron chi connectivity index (χ4n) is 2.07. The van der Waals surface area contributed by atoms with Gasteiger partial charge in [0.1, 0.15) is 5.71 Å². The van der Waals surface area contributed by atoms with Crippen LogP contribution >= 0.6 is 31.9 Å². The number of ketones is 1. The predicted molar refractivity (Wildman–Crippen MR) is 70.5 cm³/mol. The Morgan fingerprint density at radius 1 is 1.19 bits per heavy atom. The largest absolute Gasteiger partial charge is 0.296 e. The first-order valence-corrected chi connectivity index (χ1v) is 6.24. The molecule has 0 aromatic heterocycles. The summed E-state index contributed by atoms with van der Waals surface area (Å²) >= 11 is 6.81. The number of hydrogen-bond acceptors (Lipinski definition) is 2. The summed E-state index contributed by atoms with van der Waals surface area (Å²) in [5, 5.41) is 9.67. The van der Waals surface area contributed by atoms with Crippen LogP contribution < -0.4 is 0 Å². The summed E-state index contributed by atoms with van der Waals surface area (Å²) in [6.45, 7) is 0. The maximum atomic E-state index is 12.0. The summed E-state index contributed by atoms with van der Waals surface area (Å²) in [4.78, 5) is 12.0. The number of carbonyl (C=O) groups is 1. The summed E-state index contributed by atoms with van der Waals surface area (Å²) in [6.07, 6.45) is 0. The SMILES string of the molecule is N=C1C(=O)c2c(Br)c(Br)cc3cccc1c23. The molecule has 2 aromatic rings. The molecule has 3 rings (SSSR count). The lowest BCUT2D eigenvalue weighted by atomic mass is 10.1. The second kappa shape index (κ2) is 3.25. The molecule has 78 valence electrons. The quantitative estimate of drug-likeness (QED) is 0.776. The monoisotopic (exact) mass is 337 g/mol. The van der Waals surface area contributed by atoms with E-state index in [9.17, 15) is 4.79 Å². The van der Waals surface area contributed by atoms with Gasteiger partial charge in [-0.15, -0.1) is 0 Å². The summed E-state index contributed by atoms with van der Waals surface area (Å²) in [7, 11) is 0. The van der Waals surface area contributed by atoms with Crippen LogP contribution in [0.4, 0.5) is 0 Å². The van der Waals surface area contributed by atoms with Gasteiger partial charge in [0, 0.05) is 25.5 Å². The van der Waals surface area contributed by atoms with E-state index in [1.807, 2.05) is 24.3 Å². The maximum absolute atomic E-state index is 12.0. The highest BCUT2D eigenvalue weighted by Gasteiger charge is 2.30. The van der Waals surface area contributed by atoms with E-state index in [0.717, 1.165) is 25.3 Å². The van der Waals surface area contributed by atoms with Gasteiger partial charge in [-0.2, -0.15) is 0 Å². The molecule has 4 heteroatoms. The number of nitrogens with one attached hydrogen (secondary N) is 1. The van der Waals surface area contributed by atoms with Crippen molar-refractivity contribution in [1.29, 1.82) is 5.41 Å². The standard InChI is InChI=1S/C12H5Br2NO/c13-7-4-5-2-1-3-6-8(5)9(10(7)14)12(16)11(6)15/h1-4,15H. The highest BCUT2D eigenvalue weighted by Crippen LogP contribution is 2.39. The van der Waals surface area contributed by atoms with Crippen molar-refractivity contribution in [3.63, 3.8) is 0 Å². The third-order valence-electron chi connectivity index (χ3n) is 2.78. The van der Waals surface area contributed by atoms with Gasteiger partial charge >= 0.3 is 0 Å². The Bertz CT molecular complexity index is 676. The van der Waals surface area contributed by atoms with Crippen molar-refractivity contribution in [2.24, 2.45) is 0 Å². The first-order valence-electron chi connectivity index (χ1n) is 4.65. The Hall–Kier alpha value is -1.00. The highest BCUT2D eigenvalue weighted by atomic mass is 79.9. The molecule has 0 aliphatic heterocycles. The molecular weight excluding hydrogens is 334 g/mol. The third-order valence-corrected chi connectivity index (χ3v) is 4.76. The van der Waals surface area contributed by atoms with E-state index in [-0.39, 0.29) is 11.5 Å². The van der Waals surface area contributed by atoms with Gasteiger partial charge in [0.25, 0.3) is 0 Å². The molecule has 0 saturated heterocycles. The van der Waals surface area contributed by atoms with Crippen molar-refractivity contribution in [2.75, 3.05) is 0 Å². The lowest BCUT2D eigenvalue weighted by Gasteiger charge is -2.04. The minimum Gasteiger partial charge on any atom is -0.296 e. The van der Waals surface area contributed by atoms with E-state index < -0.39 is 0 Å². The first kappa shape index (κ1) is 10.2. The average Bonchev–Trinajstić information content (AvgIpc) is 2.52. The smallest absolute Gasteiger partial charge is 0.213 e. The van der Waals surface area contributed by atoms with E-state index in [4.69, 9.17) is 5.41 Å². The molecule has 0 saturated carbocycles. The predicted octanol–water partition coefficient (Wildman–Crippen LogP) is 3.93. The molecule has 2 aromatic carbocycles. The molecule has 0 unspecified atom stereocenters. The van der Waals surface area contributed by atoms with Crippen LogP contribution in [0.1, 0.15) is 15.9 Å². The van der Waals surface area contributed by atoms with Crippen molar-refractivity contribution in [1.82, 2.24) is 0 Å².